The van der Waals surface area contributed by atoms with Crippen LogP contribution in [0.15, 0.2) is 0 Å². The largest absolute Gasteiger partial charge is 0.375 e. The predicted molar refractivity (Wildman–Crippen MR) is 67.6 cm³/mol. The zero-order valence-electron chi connectivity index (χ0n) is 11.1. The summed E-state index contributed by atoms with van der Waals surface area (Å²) in [6, 6.07) is 0.680. The summed E-state index contributed by atoms with van der Waals surface area (Å²) in [4.78, 5) is 0. The molecule has 2 fully saturated rings. The first-order valence-electron chi connectivity index (χ1n) is 6.96. The Morgan fingerprint density at radius 1 is 1.25 bits per heavy atom. The van der Waals surface area contributed by atoms with E-state index in [2.05, 4.69) is 26.2 Å². The van der Waals surface area contributed by atoms with Crippen molar-refractivity contribution < 1.29 is 4.74 Å². The van der Waals surface area contributed by atoms with Crippen LogP contribution in [0.3, 0.4) is 0 Å². The van der Waals surface area contributed by atoms with E-state index < -0.39 is 0 Å². The average Bonchev–Trinajstić information content (AvgIpc) is 2.29. The SMILES string of the molecule is CNC1CCOC2(CCCC(C(C)C)C2)C1. The summed E-state index contributed by atoms with van der Waals surface area (Å²) in [6.45, 7) is 5.68. The topological polar surface area (TPSA) is 21.3 Å². The highest BCUT2D eigenvalue weighted by molar-refractivity contribution is 4.94. The predicted octanol–water partition coefficient (Wildman–Crippen LogP) is 2.97. The molecule has 1 heterocycles. The van der Waals surface area contributed by atoms with E-state index in [4.69, 9.17) is 4.74 Å². The first-order chi connectivity index (χ1) is 7.65. The zero-order chi connectivity index (χ0) is 11.6. The number of nitrogens with one attached hydrogen (secondary N) is 1. The fraction of sp³-hybridized carbons (Fsp3) is 1.00. The smallest absolute Gasteiger partial charge is 0.0700 e. The molecule has 0 aromatic carbocycles. The highest BCUT2D eigenvalue weighted by Gasteiger charge is 2.41. The Bertz CT molecular complexity index is 225. The van der Waals surface area contributed by atoms with Gasteiger partial charge in [-0.15, -0.1) is 0 Å². The van der Waals surface area contributed by atoms with Crippen molar-refractivity contribution in [3.63, 3.8) is 0 Å². The van der Waals surface area contributed by atoms with Crippen LogP contribution >= 0.6 is 0 Å². The van der Waals surface area contributed by atoms with Crippen molar-refractivity contribution in [1.29, 1.82) is 0 Å². The fourth-order valence-electron chi connectivity index (χ4n) is 3.53. The molecule has 2 nitrogen and oxygen atoms in total. The van der Waals surface area contributed by atoms with Crippen molar-refractivity contribution in [2.45, 2.75) is 64.0 Å². The van der Waals surface area contributed by atoms with Crippen molar-refractivity contribution in [3.8, 4) is 0 Å². The molecular formula is C14H27NO. The highest BCUT2D eigenvalue weighted by atomic mass is 16.5. The molecule has 2 rings (SSSR count). The van der Waals surface area contributed by atoms with Gasteiger partial charge in [0.25, 0.3) is 0 Å². The molecular weight excluding hydrogens is 198 g/mol. The van der Waals surface area contributed by atoms with Crippen LogP contribution in [0.4, 0.5) is 0 Å². The molecule has 3 atom stereocenters. The second-order valence-electron chi connectivity index (χ2n) is 6.11. The van der Waals surface area contributed by atoms with E-state index in [0.29, 0.717) is 6.04 Å². The molecule has 0 bridgehead atoms. The second kappa shape index (κ2) is 5.05. The van der Waals surface area contributed by atoms with E-state index in [1.165, 1.54) is 38.5 Å². The van der Waals surface area contributed by atoms with Gasteiger partial charge in [-0.1, -0.05) is 20.3 Å². The lowest BCUT2D eigenvalue weighted by Crippen LogP contribution is -2.49. The highest BCUT2D eigenvalue weighted by Crippen LogP contribution is 2.43. The van der Waals surface area contributed by atoms with E-state index in [9.17, 15) is 0 Å². The number of hydrogen-bond donors (Lipinski definition) is 1. The first kappa shape index (κ1) is 12.4. The molecule has 1 N–H and O–H groups in total. The summed E-state index contributed by atoms with van der Waals surface area (Å²) in [5, 5.41) is 3.44. The van der Waals surface area contributed by atoms with Crippen molar-refractivity contribution in [2.24, 2.45) is 11.8 Å². The van der Waals surface area contributed by atoms with Gasteiger partial charge in [-0.3, -0.25) is 0 Å². The Morgan fingerprint density at radius 2 is 2.06 bits per heavy atom. The third kappa shape index (κ3) is 2.60. The lowest BCUT2D eigenvalue weighted by atomic mass is 9.70. The van der Waals surface area contributed by atoms with Gasteiger partial charge >= 0.3 is 0 Å². The first-order valence-corrected chi connectivity index (χ1v) is 6.96. The molecule has 3 unspecified atom stereocenters. The maximum atomic E-state index is 6.18. The molecule has 0 aromatic heterocycles. The fourth-order valence-corrected chi connectivity index (χ4v) is 3.53. The third-order valence-electron chi connectivity index (χ3n) is 4.69. The summed E-state index contributed by atoms with van der Waals surface area (Å²) in [7, 11) is 2.09. The monoisotopic (exact) mass is 225 g/mol. The normalized spacial score (nSPS) is 40.5. The number of hydrogen-bond acceptors (Lipinski definition) is 2. The Hall–Kier alpha value is -0.0800. The van der Waals surface area contributed by atoms with Crippen LogP contribution in [-0.4, -0.2) is 25.3 Å². The zero-order valence-corrected chi connectivity index (χ0v) is 11.1. The Labute approximate surface area is 100 Å². The van der Waals surface area contributed by atoms with Gasteiger partial charge in [-0.25, -0.2) is 0 Å². The molecule has 1 aliphatic carbocycles. The summed E-state index contributed by atoms with van der Waals surface area (Å²) in [5.41, 5.74) is 0.221. The van der Waals surface area contributed by atoms with Gasteiger partial charge in [0.05, 0.1) is 5.60 Å². The summed E-state index contributed by atoms with van der Waals surface area (Å²) in [6.07, 6.45) is 7.76. The standard InChI is InChI=1S/C14H27NO/c1-11(2)12-5-4-7-14(9-12)10-13(15-3)6-8-16-14/h11-13,15H,4-10H2,1-3H3. The molecule has 16 heavy (non-hydrogen) atoms. The van der Waals surface area contributed by atoms with Crippen LogP contribution < -0.4 is 5.32 Å². The van der Waals surface area contributed by atoms with Gasteiger partial charge < -0.3 is 10.1 Å². The summed E-state index contributed by atoms with van der Waals surface area (Å²) < 4.78 is 6.18. The molecule has 0 radical (unpaired) electrons. The van der Waals surface area contributed by atoms with Crippen LogP contribution in [0.25, 0.3) is 0 Å². The van der Waals surface area contributed by atoms with Gasteiger partial charge in [0, 0.05) is 12.6 Å². The molecule has 2 aliphatic rings. The minimum absolute atomic E-state index is 0.221. The van der Waals surface area contributed by atoms with Crippen LogP contribution in [0.5, 0.6) is 0 Å². The van der Waals surface area contributed by atoms with Crippen LogP contribution in [-0.2, 0) is 4.74 Å². The molecule has 1 saturated heterocycles. The molecule has 0 aromatic rings. The van der Waals surface area contributed by atoms with E-state index in [0.717, 1.165) is 18.4 Å². The molecule has 1 aliphatic heterocycles. The van der Waals surface area contributed by atoms with Crippen molar-refractivity contribution in [2.75, 3.05) is 13.7 Å². The minimum atomic E-state index is 0.221. The van der Waals surface area contributed by atoms with Crippen molar-refractivity contribution in [3.05, 3.63) is 0 Å². The van der Waals surface area contributed by atoms with Gasteiger partial charge in [-0.05, 0) is 51.0 Å². The maximum Gasteiger partial charge on any atom is 0.0700 e. The molecule has 1 spiro atoms. The Morgan fingerprint density at radius 3 is 2.75 bits per heavy atom. The Kier molecular flexibility index (Phi) is 3.91. The molecule has 1 saturated carbocycles. The van der Waals surface area contributed by atoms with Crippen molar-refractivity contribution in [1.82, 2.24) is 5.32 Å². The van der Waals surface area contributed by atoms with E-state index in [1.807, 2.05) is 0 Å². The lowest BCUT2D eigenvalue weighted by Gasteiger charge is -2.46. The van der Waals surface area contributed by atoms with Crippen LogP contribution in [0.1, 0.15) is 52.4 Å². The van der Waals surface area contributed by atoms with Gasteiger partial charge in [0.1, 0.15) is 0 Å². The quantitative estimate of drug-likeness (QED) is 0.780. The van der Waals surface area contributed by atoms with E-state index in [-0.39, 0.29) is 5.60 Å². The molecule has 0 amide bonds. The molecule has 94 valence electrons. The average molecular weight is 225 g/mol. The summed E-state index contributed by atoms with van der Waals surface area (Å²) in [5.74, 6) is 1.69. The maximum absolute atomic E-state index is 6.18. The Balaban J connectivity index is 2.00. The number of rotatable bonds is 2. The summed E-state index contributed by atoms with van der Waals surface area (Å²) >= 11 is 0. The minimum Gasteiger partial charge on any atom is -0.375 e. The third-order valence-corrected chi connectivity index (χ3v) is 4.69. The van der Waals surface area contributed by atoms with Crippen LogP contribution in [0.2, 0.25) is 0 Å². The van der Waals surface area contributed by atoms with Gasteiger partial charge in [0.2, 0.25) is 0 Å². The van der Waals surface area contributed by atoms with Crippen molar-refractivity contribution >= 4 is 0 Å². The van der Waals surface area contributed by atoms with Crippen LogP contribution in [0, 0.1) is 11.8 Å². The van der Waals surface area contributed by atoms with Gasteiger partial charge in [0.15, 0.2) is 0 Å². The lowest BCUT2D eigenvalue weighted by molar-refractivity contribution is -0.123. The molecule has 2 heteroatoms. The second-order valence-corrected chi connectivity index (χ2v) is 6.11. The van der Waals surface area contributed by atoms with E-state index in [1.54, 1.807) is 0 Å². The van der Waals surface area contributed by atoms with E-state index >= 15 is 0 Å². The van der Waals surface area contributed by atoms with Gasteiger partial charge in [-0.2, -0.15) is 0 Å². The number of ether oxygens (including phenoxy) is 1.